The zero-order chi connectivity index (χ0) is 25.5. The maximum atomic E-state index is 12.8. The number of hydrogen-bond donors (Lipinski definition) is 1. The van der Waals surface area contributed by atoms with Crippen LogP contribution in [0.4, 0.5) is 0 Å². The van der Waals surface area contributed by atoms with Crippen molar-refractivity contribution >= 4 is 23.0 Å². The number of imidazole rings is 1. The maximum Gasteiger partial charge on any atom is 0.251 e. The van der Waals surface area contributed by atoms with Crippen molar-refractivity contribution in [3.05, 3.63) is 94.8 Å². The van der Waals surface area contributed by atoms with Gasteiger partial charge in [0.15, 0.2) is 11.5 Å². The van der Waals surface area contributed by atoms with Gasteiger partial charge in [-0.25, -0.2) is 4.98 Å². The van der Waals surface area contributed by atoms with E-state index in [1.807, 2.05) is 87.5 Å². The number of amides is 1. The minimum atomic E-state index is -0.0945. The Labute approximate surface area is 212 Å². The number of methoxy groups -OCH3 is 1. The molecule has 0 aliphatic rings. The van der Waals surface area contributed by atoms with Gasteiger partial charge >= 0.3 is 0 Å². The molecule has 36 heavy (non-hydrogen) atoms. The predicted octanol–water partition coefficient (Wildman–Crippen LogP) is 6.09. The summed E-state index contributed by atoms with van der Waals surface area (Å²) in [5.74, 6) is 2.17. The van der Waals surface area contributed by atoms with Gasteiger partial charge in [0.2, 0.25) is 0 Å². The summed E-state index contributed by atoms with van der Waals surface area (Å²) in [4.78, 5) is 17.6. The number of carbonyl (C=O) groups is 1. The summed E-state index contributed by atoms with van der Waals surface area (Å²) in [6.45, 7) is 7.56. The lowest BCUT2D eigenvalue weighted by Crippen LogP contribution is -2.25. The molecule has 1 heterocycles. The molecule has 0 unspecified atom stereocenters. The van der Waals surface area contributed by atoms with E-state index >= 15 is 0 Å². The fraction of sp³-hybridized carbons (Fsp3) is 0.267. The average molecular weight is 484 g/mol. The van der Waals surface area contributed by atoms with Crippen molar-refractivity contribution in [3.8, 4) is 11.5 Å². The number of carbonyl (C=O) groups excluding carboxylic acids is 1. The zero-order valence-corrected chi connectivity index (χ0v) is 21.4. The standard InChI is InChI=1S/C30H33N3O3/c1-5-9-23-13-15-27(28(19-23)35-4)36-17-8-16-33-26-11-7-6-10-25(26)32-29(33)20-31-30(34)24-14-12-21(2)18-22(24)3/h5-7,9-15,18-19H,8,16-17,20H2,1-4H3,(H,31,34)/b9-5+. The molecule has 0 radical (unpaired) electrons. The van der Waals surface area contributed by atoms with E-state index in [0.717, 1.165) is 45.7 Å². The van der Waals surface area contributed by atoms with Crippen LogP contribution in [-0.2, 0) is 13.1 Å². The van der Waals surface area contributed by atoms with Crippen molar-refractivity contribution in [2.75, 3.05) is 13.7 Å². The number of benzene rings is 3. The molecule has 0 bridgehead atoms. The van der Waals surface area contributed by atoms with Gasteiger partial charge in [0.05, 0.1) is 31.3 Å². The summed E-state index contributed by atoms with van der Waals surface area (Å²) in [5.41, 5.74) is 5.81. The number of nitrogens with one attached hydrogen (secondary N) is 1. The molecule has 0 fully saturated rings. The summed E-state index contributed by atoms with van der Waals surface area (Å²) in [6.07, 6.45) is 4.79. The molecule has 0 aliphatic carbocycles. The molecule has 1 N–H and O–H groups in total. The highest BCUT2D eigenvalue weighted by Gasteiger charge is 2.14. The van der Waals surface area contributed by atoms with E-state index in [4.69, 9.17) is 14.5 Å². The number of hydrogen-bond acceptors (Lipinski definition) is 4. The average Bonchev–Trinajstić information content (AvgIpc) is 3.23. The second-order valence-corrected chi connectivity index (χ2v) is 8.78. The molecule has 0 saturated carbocycles. The van der Waals surface area contributed by atoms with Gasteiger partial charge in [-0.3, -0.25) is 4.79 Å². The van der Waals surface area contributed by atoms with E-state index in [-0.39, 0.29) is 5.91 Å². The number of allylic oxidation sites excluding steroid dienone is 1. The van der Waals surface area contributed by atoms with Crippen LogP contribution < -0.4 is 14.8 Å². The van der Waals surface area contributed by atoms with E-state index in [1.54, 1.807) is 7.11 Å². The van der Waals surface area contributed by atoms with Crippen LogP contribution in [0, 0.1) is 13.8 Å². The van der Waals surface area contributed by atoms with Crippen LogP contribution >= 0.6 is 0 Å². The van der Waals surface area contributed by atoms with Crippen LogP contribution in [-0.4, -0.2) is 29.2 Å². The van der Waals surface area contributed by atoms with E-state index in [2.05, 4.69) is 16.0 Å². The maximum absolute atomic E-state index is 12.8. The van der Waals surface area contributed by atoms with Crippen molar-refractivity contribution in [2.24, 2.45) is 0 Å². The van der Waals surface area contributed by atoms with Crippen LogP contribution in [0.15, 0.2) is 66.7 Å². The molecule has 0 atom stereocenters. The molecular formula is C30H33N3O3. The molecule has 1 aromatic heterocycles. The molecule has 6 nitrogen and oxygen atoms in total. The zero-order valence-electron chi connectivity index (χ0n) is 21.4. The molecule has 0 aliphatic heterocycles. The van der Waals surface area contributed by atoms with Crippen LogP contribution in [0.1, 0.15) is 46.2 Å². The predicted molar refractivity (Wildman–Crippen MR) is 145 cm³/mol. The van der Waals surface area contributed by atoms with Gasteiger partial charge in [-0.15, -0.1) is 0 Å². The summed E-state index contributed by atoms with van der Waals surface area (Å²) < 4.78 is 13.7. The third-order valence-corrected chi connectivity index (χ3v) is 6.10. The number of para-hydroxylation sites is 2. The van der Waals surface area contributed by atoms with Gasteiger partial charge < -0.3 is 19.4 Å². The van der Waals surface area contributed by atoms with Crippen molar-refractivity contribution in [1.29, 1.82) is 0 Å². The monoisotopic (exact) mass is 483 g/mol. The Morgan fingerprint density at radius 1 is 1.06 bits per heavy atom. The first-order valence-electron chi connectivity index (χ1n) is 12.2. The van der Waals surface area contributed by atoms with Gasteiger partial charge in [-0.1, -0.05) is 48.0 Å². The summed E-state index contributed by atoms with van der Waals surface area (Å²) in [5, 5.41) is 3.05. The lowest BCUT2D eigenvalue weighted by Gasteiger charge is -2.13. The highest BCUT2D eigenvalue weighted by Crippen LogP contribution is 2.29. The van der Waals surface area contributed by atoms with Gasteiger partial charge in [-0.2, -0.15) is 0 Å². The van der Waals surface area contributed by atoms with Gasteiger partial charge in [-0.05, 0) is 68.7 Å². The number of aryl methyl sites for hydroxylation is 3. The molecule has 4 rings (SSSR count). The van der Waals surface area contributed by atoms with Crippen LogP contribution in [0.25, 0.3) is 17.1 Å². The SMILES string of the molecule is C/C=C/c1ccc(OCCCn2c(CNC(=O)c3ccc(C)cc3C)nc3ccccc32)c(OC)c1. The molecule has 4 aromatic rings. The van der Waals surface area contributed by atoms with Crippen LogP contribution in [0.2, 0.25) is 0 Å². The van der Waals surface area contributed by atoms with E-state index < -0.39 is 0 Å². The molecular weight excluding hydrogens is 450 g/mol. The molecule has 0 spiro atoms. The highest BCUT2D eigenvalue weighted by atomic mass is 16.5. The number of nitrogens with zero attached hydrogens (tertiary/aromatic N) is 2. The molecule has 0 saturated heterocycles. The second kappa shape index (κ2) is 11.6. The third-order valence-electron chi connectivity index (χ3n) is 6.10. The second-order valence-electron chi connectivity index (χ2n) is 8.78. The van der Waals surface area contributed by atoms with Crippen LogP contribution in [0.3, 0.4) is 0 Å². The minimum Gasteiger partial charge on any atom is -0.493 e. The molecule has 6 heteroatoms. The summed E-state index contributed by atoms with van der Waals surface area (Å²) >= 11 is 0. The topological polar surface area (TPSA) is 65.4 Å². The third kappa shape index (κ3) is 5.77. The Bertz CT molecular complexity index is 1390. The van der Waals surface area contributed by atoms with Crippen molar-refractivity contribution in [3.63, 3.8) is 0 Å². The Morgan fingerprint density at radius 3 is 2.67 bits per heavy atom. The van der Waals surface area contributed by atoms with E-state index in [9.17, 15) is 4.79 Å². The number of aromatic nitrogens is 2. The first-order valence-corrected chi connectivity index (χ1v) is 12.2. The summed E-state index contributed by atoms with van der Waals surface area (Å²) in [6, 6.07) is 19.8. The lowest BCUT2D eigenvalue weighted by molar-refractivity contribution is 0.0949. The fourth-order valence-corrected chi connectivity index (χ4v) is 4.34. The van der Waals surface area contributed by atoms with E-state index in [1.165, 1.54) is 0 Å². The normalized spacial score (nSPS) is 11.2. The van der Waals surface area contributed by atoms with E-state index in [0.29, 0.717) is 31.0 Å². The summed E-state index contributed by atoms with van der Waals surface area (Å²) in [7, 11) is 1.65. The largest absolute Gasteiger partial charge is 0.493 e. The Hall–Kier alpha value is -4.06. The molecule has 186 valence electrons. The smallest absolute Gasteiger partial charge is 0.251 e. The van der Waals surface area contributed by atoms with Crippen molar-refractivity contribution in [2.45, 2.75) is 40.3 Å². The van der Waals surface area contributed by atoms with Gasteiger partial charge in [0.25, 0.3) is 5.91 Å². The van der Waals surface area contributed by atoms with Gasteiger partial charge in [0.1, 0.15) is 5.82 Å². The number of fused-ring (bicyclic) bond motifs is 1. The Balaban J connectivity index is 1.43. The molecule has 1 amide bonds. The molecule has 3 aromatic carbocycles. The highest BCUT2D eigenvalue weighted by molar-refractivity contribution is 5.95. The number of ether oxygens (including phenoxy) is 2. The fourth-order valence-electron chi connectivity index (χ4n) is 4.34. The van der Waals surface area contributed by atoms with Gasteiger partial charge in [0, 0.05) is 12.1 Å². The first-order chi connectivity index (χ1) is 17.5. The Morgan fingerprint density at radius 2 is 1.89 bits per heavy atom. The van der Waals surface area contributed by atoms with Crippen molar-refractivity contribution in [1.82, 2.24) is 14.9 Å². The Kier molecular flexibility index (Phi) is 8.06. The minimum absolute atomic E-state index is 0.0945. The first kappa shape index (κ1) is 25.0. The quantitative estimate of drug-likeness (QED) is 0.277. The lowest BCUT2D eigenvalue weighted by atomic mass is 10.1. The van der Waals surface area contributed by atoms with Crippen LogP contribution in [0.5, 0.6) is 11.5 Å². The number of rotatable bonds is 10. The van der Waals surface area contributed by atoms with Crippen molar-refractivity contribution < 1.29 is 14.3 Å².